The largest absolute Gasteiger partial charge is 0.416 e. The van der Waals surface area contributed by atoms with Gasteiger partial charge in [0.15, 0.2) is 0 Å². The van der Waals surface area contributed by atoms with Crippen molar-refractivity contribution in [1.82, 2.24) is 4.90 Å². The molecule has 1 aliphatic rings. The van der Waals surface area contributed by atoms with Gasteiger partial charge >= 0.3 is 6.18 Å². The molecule has 0 aliphatic carbocycles. The lowest BCUT2D eigenvalue weighted by atomic mass is 10.1. The summed E-state index contributed by atoms with van der Waals surface area (Å²) in [6.07, 6.45) is -4.06. The number of piperazine rings is 1. The number of rotatable bonds is 3. The minimum Gasteiger partial charge on any atom is -0.368 e. The van der Waals surface area contributed by atoms with Crippen molar-refractivity contribution >= 4 is 23.2 Å². The third kappa shape index (κ3) is 4.49. The highest BCUT2D eigenvalue weighted by Crippen LogP contribution is 2.31. The molecule has 3 nitrogen and oxygen atoms in total. The second-order valence-electron chi connectivity index (χ2n) is 6.22. The summed E-state index contributed by atoms with van der Waals surface area (Å²) in [7, 11) is 0. The van der Waals surface area contributed by atoms with E-state index in [-0.39, 0.29) is 5.91 Å². The molecule has 1 aliphatic heterocycles. The Balaban J connectivity index is 1.59. The van der Waals surface area contributed by atoms with Crippen molar-refractivity contribution in [2.45, 2.75) is 12.6 Å². The third-order valence-corrected chi connectivity index (χ3v) is 4.69. The summed E-state index contributed by atoms with van der Waals surface area (Å²) >= 11 is 5.84. The van der Waals surface area contributed by atoms with Crippen molar-refractivity contribution < 1.29 is 18.0 Å². The number of anilines is 1. The van der Waals surface area contributed by atoms with E-state index in [1.54, 1.807) is 23.1 Å². The predicted molar refractivity (Wildman–Crippen MR) is 95.4 cm³/mol. The zero-order valence-corrected chi connectivity index (χ0v) is 14.7. The Hall–Kier alpha value is -2.21. The van der Waals surface area contributed by atoms with Crippen LogP contribution in [0.2, 0.25) is 5.02 Å². The van der Waals surface area contributed by atoms with Crippen LogP contribution in [-0.4, -0.2) is 37.0 Å². The fourth-order valence-electron chi connectivity index (χ4n) is 2.98. The third-order valence-electron chi connectivity index (χ3n) is 4.44. The van der Waals surface area contributed by atoms with Gasteiger partial charge in [0, 0.05) is 36.9 Å². The lowest BCUT2D eigenvalue weighted by Gasteiger charge is -2.36. The quantitative estimate of drug-likeness (QED) is 0.792. The highest BCUT2D eigenvalue weighted by Gasteiger charge is 2.31. The van der Waals surface area contributed by atoms with Crippen LogP contribution in [0.4, 0.5) is 18.9 Å². The molecule has 2 aromatic rings. The van der Waals surface area contributed by atoms with Crippen LogP contribution in [-0.2, 0) is 17.4 Å². The maximum Gasteiger partial charge on any atom is 0.416 e. The molecule has 1 saturated heterocycles. The summed E-state index contributed by atoms with van der Waals surface area (Å²) in [5.74, 6) is 0.0102. The van der Waals surface area contributed by atoms with Gasteiger partial charge in [0.25, 0.3) is 0 Å². The highest BCUT2D eigenvalue weighted by atomic mass is 35.5. The summed E-state index contributed by atoms with van der Waals surface area (Å²) < 4.78 is 38.6. The smallest absolute Gasteiger partial charge is 0.368 e. The van der Waals surface area contributed by atoms with Crippen LogP contribution in [0.25, 0.3) is 0 Å². The van der Waals surface area contributed by atoms with Gasteiger partial charge in [-0.25, -0.2) is 0 Å². The van der Waals surface area contributed by atoms with E-state index in [9.17, 15) is 18.0 Å². The summed E-state index contributed by atoms with van der Waals surface area (Å²) in [6, 6.07) is 12.4. The van der Waals surface area contributed by atoms with Crippen molar-refractivity contribution in [3.05, 3.63) is 64.7 Å². The first kappa shape index (κ1) is 18.6. The molecule has 26 heavy (non-hydrogen) atoms. The van der Waals surface area contributed by atoms with Crippen LogP contribution in [0.3, 0.4) is 0 Å². The van der Waals surface area contributed by atoms with Gasteiger partial charge in [0.05, 0.1) is 12.0 Å². The first-order valence-electron chi connectivity index (χ1n) is 8.27. The van der Waals surface area contributed by atoms with E-state index in [1.165, 1.54) is 6.07 Å². The summed E-state index contributed by atoms with van der Waals surface area (Å²) in [6.45, 7) is 1.99. The van der Waals surface area contributed by atoms with Gasteiger partial charge in [-0.3, -0.25) is 4.79 Å². The van der Waals surface area contributed by atoms with E-state index in [0.29, 0.717) is 43.3 Å². The zero-order chi connectivity index (χ0) is 18.7. The topological polar surface area (TPSA) is 23.6 Å². The van der Waals surface area contributed by atoms with Crippen molar-refractivity contribution in [3.8, 4) is 0 Å². The first-order chi connectivity index (χ1) is 12.3. The molecule has 0 radical (unpaired) electrons. The molecule has 0 unspecified atom stereocenters. The van der Waals surface area contributed by atoms with Crippen LogP contribution >= 0.6 is 11.6 Å². The Labute approximate surface area is 155 Å². The van der Waals surface area contributed by atoms with E-state index < -0.39 is 11.7 Å². The lowest BCUT2D eigenvalue weighted by Crippen LogP contribution is -2.49. The van der Waals surface area contributed by atoms with E-state index >= 15 is 0 Å². The molecule has 1 fully saturated rings. The number of nitrogens with zero attached hydrogens (tertiary/aromatic N) is 2. The Kier molecular flexibility index (Phi) is 5.41. The Morgan fingerprint density at radius 1 is 1.00 bits per heavy atom. The second-order valence-corrected chi connectivity index (χ2v) is 6.66. The molecular formula is C19H18ClF3N2O. The standard InChI is InChI=1S/C19H18ClF3N2O/c20-16-6-4-14(5-7-16)12-18(26)25-10-8-24(9-11-25)17-3-1-2-15(13-17)19(21,22)23/h1-7,13H,8-12H2. The van der Waals surface area contributed by atoms with Crippen LogP contribution in [0.5, 0.6) is 0 Å². The summed E-state index contributed by atoms with van der Waals surface area (Å²) in [4.78, 5) is 16.0. The SMILES string of the molecule is O=C(Cc1ccc(Cl)cc1)N1CCN(c2cccc(C(F)(F)F)c2)CC1. The maximum absolute atomic E-state index is 12.9. The number of carbonyl (C=O) groups is 1. The molecule has 7 heteroatoms. The number of alkyl halides is 3. The van der Waals surface area contributed by atoms with E-state index in [2.05, 4.69) is 0 Å². The monoisotopic (exact) mass is 382 g/mol. The number of carbonyl (C=O) groups excluding carboxylic acids is 1. The van der Waals surface area contributed by atoms with Gasteiger partial charge in [0.1, 0.15) is 0 Å². The second kappa shape index (κ2) is 7.58. The van der Waals surface area contributed by atoms with Crippen molar-refractivity contribution in [2.75, 3.05) is 31.1 Å². The zero-order valence-electron chi connectivity index (χ0n) is 14.0. The number of halogens is 4. The Bertz CT molecular complexity index is 769. The van der Waals surface area contributed by atoms with Gasteiger partial charge in [-0.05, 0) is 35.9 Å². The fraction of sp³-hybridized carbons (Fsp3) is 0.316. The van der Waals surface area contributed by atoms with Gasteiger partial charge in [0.2, 0.25) is 5.91 Å². The van der Waals surface area contributed by atoms with E-state index in [0.717, 1.165) is 17.7 Å². The molecule has 1 heterocycles. The average molecular weight is 383 g/mol. The number of hydrogen-bond acceptors (Lipinski definition) is 2. The van der Waals surface area contributed by atoms with Crippen LogP contribution in [0.1, 0.15) is 11.1 Å². The molecule has 138 valence electrons. The number of hydrogen-bond donors (Lipinski definition) is 0. The number of benzene rings is 2. The molecule has 0 N–H and O–H groups in total. The normalized spacial score (nSPS) is 15.2. The number of amides is 1. The molecular weight excluding hydrogens is 365 g/mol. The summed E-state index contributed by atoms with van der Waals surface area (Å²) in [5.41, 5.74) is 0.764. The molecule has 1 amide bonds. The van der Waals surface area contributed by atoms with Gasteiger partial charge < -0.3 is 9.80 Å². The molecule has 0 bridgehead atoms. The van der Waals surface area contributed by atoms with Crippen LogP contribution < -0.4 is 4.90 Å². The van der Waals surface area contributed by atoms with Crippen LogP contribution in [0, 0.1) is 0 Å². The molecule has 3 rings (SSSR count). The van der Waals surface area contributed by atoms with E-state index in [4.69, 9.17) is 11.6 Å². The van der Waals surface area contributed by atoms with Crippen LogP contribution in [0.15, 0.2) is 48.5 Å². The highest BCUT2D eigenvalue weighted by molar-refractivity contribution is 6.30. The predicted octanol–water partition coefficient (Wildman–Crippen LogP) is 4.25. The molecule has 0 aromatic heterocycles. The average Bonchev–Trinajstić information content (AvgIpc) is 2.63. The minimum absolute atomic E-state index is 0.0102. The molecule has 0 saturated carbocycles. The first-order valence-corrected chi connectivity index (χ1v) is 8.65. The van der Waals surface area contributed by atoms with Crippen molar-refractivity contribution in [2.24, 2.45) is 0 Å². The van der Waals surface area contributed by atoms with Gasteiger partial charge in [-0.2, -0.15) is 13.2 Å². The van der Waals surface area contributed by atoms with Gasteiger partial charge in [-0.1, -0.05) is 29.8 Å². The molecule has 0 atom stereocenters. The Morgan fingerprint density at radius 3 is 2.27 bits per heavy atom. The minimum atomic E-state index is -4.35. The summed E-state index contributed by atoms with van der Waals surface area (Å²) in [5, 5.41) is 0.621. The maximum atomic E-state index is 12.9. The molecule has 0 spiro atoms. The fourth-order valence-corrected chi connectivity index (χ4v) is 3.11. The Morgan fingerprint density at radius 2 is 1.65 bits per heavy atom. The van der Waals surface area contributed by atoms with Gasteiger partial charge in [-0.15, -0.1) is 0 Å². The lowest BCUT2D eigenvalue weighted by molar-refractivity contribution is -0.137. The van der Waals surface area contributed by atoms with E-state index in [1.807, 2.05) is 17.0 Å². The van der Waals surface area contributed by atoms with Crippen molar-refractivity contribution in [3.63, 3.8) is 0 Å². The molecule has 2 aromatic carbocycles. The van der Waals surface area contributed by atoms with Crippen molar-refractivity contribution in [1.29, 1.82) is 0 Å².